The van der Waals surface area contributed by atoms with Crippen molar-refractivity contribution in [2.45, 2.75) is 44.3 Å². The number of aliphatic hydroxyl groups is 2. The molecule has 35 heavy (non-hydrogen) atoms. The number of ether oxygens (including phenoxy) is 1. The number of para-hydroxylation sites is 1. The molecular weight excluding hydrogens is 459 g/mol. The van der Waals surface area contributed by atoms with Gasteiger partial charge in [-0.15, -0.1) is 0 Å². The molecule has 1 aliphatic rings. The first kappa shape index (κ1) is 25.1. The Morgan fingerprint density at radius 2 is 1.74 bits per heavy atom. The number of rotatable bonds is 9. The van der Waals surface area contributed by atoms with Crippen LogP contribution in [0.15, 0.2) is 66.9 Å². The molecule has 3 N–H and O–H groups in total. The van der Waals surface area contributed by atoms with Crippen LogP contribution in [0.5, 0.6) is 5.75 Å². The highest BCUT2D eigenvalue weighted by Gasteiger charge is 2.42. The fourth-order valence-electron chi connectivity index (χ4n) is 4.57. The van der Waals surface area contributed by atoms with Gasteiger partial charge < -0.3 is 20.3 Å². The van der Waals surface area contributed by atoms with Crippen LogP contribution in [0.4, 0.5) is 13.2 Å². The topological polar surface area (TPSA) is 87.5 Å². The van der Waals surface area contributed by atoms with E-state index in [1.807, 2.05) is 30.3 Å². The van der Waals surface area contributed by atoms with Crippen LogP contribution < -0.4 is 10.1 Å². The van der Waals surface area contributed by atoms with Crippen LogP contribution in [0.25, 0.3) is 0 Å². The van der Waals surface area contributed by atoms with Crippen molar-refractivity contribution in [3.05, 3.63) is 89.5 Å². The number of aromatic nitrogens is 2. The molecule has 4 rings (SSSR count). The highest BCUT2D eigenvalue weighted by Crippen LogP contribution is 2.35. The summed E-state index contributed by atoms with van der Waals surface area (Å²) in [4.78, 5) is 8.87. The average molecular weight is 488 g/mol. The number of halogens is 3. The largest absolute Gasteiger partial charge is 0.486 e. The highest BCUT2D eigenvalue weighted by molar-refractivity contribution is 5.25. The number of nitrogens with one attached hydrogen (secondary N) is 1. The zero-order chi connectivity index (χ0) is 24.8. The van der Waals surface area contributed by atoms with Crippen molar-refractivity contribution in [3.8, 4) is 5.75 Å². The molecule has 1 fully saturated rings. The van der Waals surface area contributed by atoms with E-state index in [9.17, 15) is 23.4 Å². The van der Waals surface area contributed by atoms with Gasteiger partial charge in [0.05, 0.1) is 11.7 Å². The van der Waals surface area contributed by atoms with Crippen LogP contribution in [0.1, 0.15) is 29.1 Å². The van der Waals surface area contributed by atoms with E-state index in [4.69, 9.17) is 4.74 Å². The van der Waals surface area contributed by atoms with E-state index in [1.165, 1.54) is 12.1 Å². The van der Waals surface area contributed by atoms with Crippen LogP contribution in [0, 0.1) is 11.8 Å². The highest BCUT2D eigenvalue weighted by atomic mass is 19.4. The summed E-state index contributed by atoms with van der Waals surface area (Å²) in [6, 6.07) is 16.1. The predicted octanol–water partition coefficient (Wildman–Crippen LogP) is 3.76. The SMILES string of the molecule is OC[C@@H]1[C@@H](Cc2ccnc(COc3ccccc3)n2)[C@H](NCc2ccc(C(F)(F)F)cc2)C[C@H]1O. The monoisotopic (exact) mass is 487 g/mol. The number of alkyl halides is 3. The summed E-state index contributed by atoms with van der Waals surface area (Å²) in [5.41, 5.74) is 0.790. The molecule has 1 heterocycles. The third-order valence-electron chi connectivity index (χ3n) is 6.44. The minimum atomic E-state index is -4.37. The van der Waals surface area contributed by atoms with Gasteiger partial charge in [-0.2, -0.15) is 13.2 Å². The summed E-state index contributed by atoms with van der Waals surface area (Å²) in [7, 11) is 0. The lowest BCUT2D eigenvalue weighted by Crippen LogP contribution is -2.36. The second-order valence-corrected chi connectivity index (χ2v) is 8.77. The Balaban J connectivity index is 1.40. The van der Waals surface area contributed by atoms with Gasteiger partial charge in [-0.3, -0.25) is 0 Å². The summed E-state index contributed by atoms with van der Waals surface area (Å²) in [5.74, 6) is 0.800. The van der Waals surface area contributed by atoms with Crippen LogP contribution >= 0.6 is 0 Å². The quantitative estimate of drug-likeness (QED) is 0.426. The van der Waals surface area contributed by atoms with Gasteiger partial charge in [0.1, 0.15) is 12.4 Å². The van der Waals surface area contributed by atoms with Gasteiger partial charge in [0, 0.05) is 37.0 Å². The van der Waals surface area contributed by atoms with E-state index >= 15 is 0 Å². The number of benzene rings is 2. The first-order valence-electron chi connectivity index (χ1n) is 11.5. The maximum atomic E-state index is 12.8. The lowest BCUT2D eigenvalue weighted by Gasteiger charge is -2.25. The van der Waals surface area contributed by atoms with Crippen molar-refractivity contribution in [2.24, 2.45) is 11.8 Å². The maximum Gasteiger partial charge on any atom is 0.416 e. The number of hydrogen-bond acceptors (Lipinski definition) is 6. The van der Waals surface area contributed by atoms with Gasteiger partial charge in [-0.1, -0.05) is 30.3 Å². The van der Waals surface area contributed by atoms with Crippen LogP contribution in [0.2, 0.25) is 0 Å². The molecule has 186 valence electrons. The lowest BCUT2D eigenvalue weighted by molar-refractivity contribution is -0.137. The van der Waals surface area contributed by atoms with Crippen molar-refractivity contribution in [2.75, 3.05) is 6.61 Å². The summed E-state index contributed by atoms with van der Waals surface area (Å²) < 4.78 is 44.2. The van der Waals surface area contributed by atoms with Gasteiger partial charge in [0.2, 0.25) is 0 Å². The van der Waals surface area contributed by atoms with Crippen LogP contribution in [-0.4, -0.2) is 38.9 Å². The van der Waals surface area contributed by atoms with Crippen LogP contribution in [0.3, 0.4) is 0 Å². The molecule has 0 radical (unpaired) electrons. The smallest absolute Gasteiger partial charge is 0.416 e. The molecule has 0 bridgehead atoms. The molecule has 1 saturated carbocycles. The van der Waals surface area contributed by atoms with Gasteiger partial charge in [-0.05, 0) is 54.7 Å². The molecule has 0 amide bonds. The first-order chi connectivity index (χ1) is 16.8. The molecule has 3 aromatic rings. The molecule has 4 atom stereocenters. The molecule has 1 aliphatic carbocycles. The first-order valence-corrected chi connectivity index (χ1v) is 11.5. The molecule has 0 aliphatic heterocycles. The summed E-state index contributed by atoms with van der Waals surface area (Å²) in [6.07, 6.45) is -2.45. The lowest BCUT2D eigenvalue weighted by atomic mass is 9.88. The van der Waals surface area contributed by atoms with E-state index in [1.54, 1.807) is 12.3 Å². The van der Waals surface area contributed by atoms with E-state index in [0.717, 1.165) is 17.8 Å². The third-order valence-corrected chi connectivity index (χ3v) is 6.44. The van der Waals surface area contributed by atoms with Gasteiger partial charge in [0.25, 0.3) is 0 Å². The van der Waals surface area contributed by atoms with Crippen molar-refractivity contribution < 1.29 is 28.1 Å². The Morgan fingerprint density at radius 1 is 1.00 bits per heavy atom. The zero-order valence-electron chi connectivity index (χ0n) is 19.0. The molecular formula is C26H28F3N3O3. The minimum absolute atomic E-state index is 0.109. The maximum absolute atomic E-state index is 12.8. The minimum Gasteiger partial charge on any atom is -0.486 e. The fourth-order valence-corrected chi connectivity index (χ4v) is 4.57. The molecule has 9 heteroatoms. The summed E-state index contributed by atoms with van der Waals surface area (Å²) in [5, 5.41) is 23.8. The Hall–Kier alpha value is -3.01. The standard InChI is InChI=1S/C26H28F3N3O3/c27-26(28,29)18-8-6-17(7-9-18)14-31-23-13-24(34)22(15-33)21(23)12-19-10-11-30-25(32-19)16-35-20-4-2-1-3-5-20/h1-11,21-24,31,33-34H,12-16H2/t21-,22-,23-,24-/m1/s1. The molecule has 0 unspecified atom stereocenters. The molecule has 0 saturated heterocycles. The van der Waals surface area contributed by atoms with Crippen molar-refractivity contribution in [1.82, 2.24) is 15.3 Å². The average Bonchev–Trinajstić information content (AvgIpc) is 3.15. The van der Waals surface area contributed by atoms with E-state index in [0.29, 0.717) is 36.5 Å². The Labute approximate surface area is 201 Å². The Morgan fingerprint density at radius 3 is 2.43 bits per heavy atom. The van der Waals surface area contributed by atoms with E-state index < -0.39 is 17.8 Å². The van der Waals surface area contributed by atoms with Gasteiger partial charge >= 0.3 is 6.18 Å². The second-order valence-electron chi connectivity index (χ2n) is 8.77. The molecule has 2 aromatic carbocycles. The second kappa shape index (κ2) is 11.2. The predicted molar refractivity (Wildman–Crippen MR) is 123 cm³/mol. The summed E-state index contributed by atoms with van der Waals surface area (Å²) >= 11 is 0. The molecule has 0 spiro atoms. The number of nitrogens with zero attached hydrogens (tertiary/aromatic N) is 2. The van der Waals surface area contributed by atoms with Crippen molar-refractivity contribution in [1.29, 1.82) is 0 Å². The van der Waals surface area contributed by atoms with Crippen molar-refractivity contribution >= 4 is 0 Å². The van der Waals surface area contributed by atoms with Crippen LogP contribution in [-0.2, 0) is 25.7 Å². The third kappa shape index (κ3) is 6.56. The van der Waals surface area contributed by atoms with Gasteiger partial charge in [-0.25, -0.2) is 9.97 Å². The number of hydrogen-bond donors (Lipinski definition) is 3. The Bertz CT molecular complexity index is 1080. The number of aliphatic hydroxyl groups excluding tert-OH is 2. The zero-order valence-corrected chi connectivity index (χ0v) is 19.0. The van der Waals surface area contributed by atoms with E-state index in [2.05, 4.69) is 15.3 Å². The molecule has 1 aromatic heterocycles. The molecule has 6 nitrogen and oxygen atoms in total. The Kier molecular flexibility index (Phi) is 8.00. The van der Waals surface area contributed by atoms with E-state index in [-0.39, 0.29) is 31.1 Å². The normalized spacial score (nSPS) is 22.3. The van der Waals surface area contributed by atoms with Gasteiger partial charge in [0.15, 0.2) is 5.82 Å². The summed E-state index contributed by atoms with van der Waals surface area (Å²) in [6.45, 7) is 0.396. The van der Waals surface area contributed by atoms with Crippen molar-refractivity contribution in [3.63, 3.8) is 0 Å². The fraction of sp³-hybridized carbons (Fsp3) is 0.385.